The van der Waals surface area contributed by atoms with Crippen molar-refractivity contribution in [3.63, 3.8) is 0 Å². The van der Waals surface area contributed by atoms with Gasteiger partial charge in [-0.05, 0) is 12.1 Å². The van der Waals surface area contributed by atoms with E-state index in [-0.39, 0.29) is 22.9 Å². The molecule has 4 rings (SSSR count). The van der Waals surface area contributed by atoms with Gasteiger partial charge in [-0.2, -0.15) is 0 Å². The maximum absolute atomic E-state index is 12.8. The summed E-state index contributed by atoms with van der Waals surface area (Å²) in [5, 5.41) is 27.0. The van der Waals surface area contributed by atoms with Gasteiger partial charge in [0, 0.05) is 36.0 Å². The van der Waals surface area contributed by atoms with E-state index in [1.807, 2.05) is 6.07 Å². The minimum atomic E-state index is -0.511. The first-order valence-corrected chi connectivity index (χ1v) is 7.43. The van der Waals surface area contributed by atoms with Crippen LogP contribution < -0.4 is 10.2 Å². The number of carbonyl (C=O) groups is 1. The van der Waals surface area contributed by atoms with E-state index >= 15 is 0 Å². The van der Waals surface area contributed by atoms with Crippen molar-refractivity contribution in [2.75, 3.05) is 17.3 Å². The topological polar surface area (TPSA) is 108 Å². The highest BCUT2D eigenvalue weighted by Gasteiger charge is 2.37. The summed E-state index contributed by atoms with van der Waals surface area (Å²) in [6.07, 6.45) is 0. The van der Waals surface area contributed by atoms with E-state index in [0.717, 1.165) is 0 Å². The largest absolute Gasteiger partial charge is 0.410 e. The normalized spacial score (nSPS) is 19.8. The van der Waals surface area contributed by atoms with Gasteiger partial charge in [0.2, 0.25) is 0 Å². The molecule has 0 saturated carbocycles. The molecule has 0 bridgehead atoms. The molecule has 0 spiro atoms. The van der Waals surface area contributed by atoms with Gasteiger partial charge in [0.1, 0.15) is 5.71 Å². The Morgan fingerprint density at radius 2 is 1.96 bits per heavy atom. The van der Waals surface area contributed by atoms with Gasteiger partial charge in [-0.25, -0.2) is 0 Å². The molecule has 2 heterocycles. The van der Waals surface area contributed by atoms with Gasteiger partial charge in [-0.3, -0.25) is 14.9 Å². The summed E-state index contributed by atoms with van der Waals surface area (Å²) in [6.45, 7) is 0. The van der Waals surface area contributed by atoms with Crippen LogP contribution in [-0.4, -0.2) is 28.8 Å². The number of nitrogens with zero attached hydrogens (tertiary/aromatic N) is 3. The molecule has 0 fully saturated rings. The number of hydrogen-bond acceptors (Lipinski definition) is 6. The molecule has 25 heavy (non-hydrogen) atoms. The molecule has 8 nitrogen and oxygen atoms in total. The van der Waals surface area contributed by atoms with Gasteiger partial charge in [0.05, 0.1) is 21.9 Å². The highest BCUT2D eigenvalue weighted by atomic mass is 16.6. The van der Waals surface area contributed by atoms with Crippen LogP contribution >= 0.6 is 0 Å². The predicted molar refractivity (Wildman–Crippen MR) is 91.8 cm³/mol. The number of hydrogen-bond donors (Lipinski definition) is 2. The van der Waals surface area contributed by atoms with Crippen molar-refractivity contribution in [1.82, 2.24) is 0 Å². The molecule has 1 amide bonds. The highest BCUT2D eigenvalue weighted by molar-refractivity contribution is 6.40. The lowest BCUT2D eigenvalue weighted by Gasteiger charge is -2.08. The lowest BCUT2D eigenvalue weighted by atomic mass is 10.0. The smallest absolute Gasteiger partial charge is 0.270 e. The first kappa shape index (κ1) is 14.9. The molecular weight excluding hydrogens is 324 g/mol. The molecule has 2 aliphatic heterocycles. The van der Waals surface area contributed by atoms with Crippen molar-refractivity contribution >= 4 is 34.3 Å². The Morgan fingerprint density at radius 1 is 1.20 bits per heavy atom. The van der Waals surface area contributed by atoms with Gasteiger partial charge in [0.25, 0.3) is 11.6 Å². The van der Waals surface area contributed by atoms with Crippen molar-refractivity contribution in [2.45, 2.75) is 0 Å². The van der Waals surface area contributed by atoms with Crippen LogP contribution in [0.1, 0.15) is 11.1 Å². The first-order chi connectivity index (χ1) is 12.0. The number of rotatable bonds is 1. The number of carbonyl (C=O) groups excluding carboxylic acids is 1. The van der Waals surface area contributed by atoms with E-state index in [0.29, 0.717) is 28.2 Å². The Kier molecular flexibility index (Phi) is 3.08. The number of amides is 1. The summed E-state index contributed by atoms with van der Waals surface area (Å²) in [6, 6.07) is 11.4. The van der Waals surface area contributed by atoms with Crippen LogP contribution in [0.5, 0.6) is 0 Å². The van der Waals surface area contributed by atoms with Crippen molar-refractivity contribution in [1.29, 1.82) is 0 Å². The summed E-state index contributed by atoms with van der Waals surface area (Å²) in [5.41, 5.74) is 3.04. The fraction of sp³-hybridized carbons (Fsp3) is 0.0588. The maximum Gasteiger partial charge on any atom is 0.270 e. The molecule has 0 unspecified atom stereocenters. The number of benzene rings is 2. The Morgan fingerprint density at radius 3 is 2.68 bits per heavy atom. The van der Waals surface area contributed by atoms with E-state index in [1.54, 1.807) is 25.2 Å². The number of anilines is 2. The number of allylic oxidation sites excluding steroid dienone is 1. The van der Waals surface area contributed by atoms with Gasteiger partial charge < -0.3 is 15.4 Å². The number of likely N-dealkylation sites (N-methyl/N-ethyl adjacent to an activating group) is 1. The molecular formula is C17H12N4O4. The molecule has 0 aromatic heterocycles. The molecule has 2 aliphatic rings. The van der Waals surface area contributed by atoms with E-state index in [4.69, 9.17) is 0 Å². The van der Waals surface area contributed by atoms with Crippen LogP contribution in [0, 0.1) is 10.1 Å². The second-order valence-corrected chi connectivity index (χ2v) is 5.69. The second kappa shape index (κ2) is 5.17. The fourth-order valence-electron chi connectivity index (χ4n) is 3.18. The van der Waals surface area contributed by atoms with E-state index in [1.165, 1.54) is 23.1 Å². The Balaban J connectivity index is 1.98. The van der Waals surface area contributed by atoms with Crippen molar-refractivity contribution in [3.05, 3.63) is 69.4 Å². The van der Waals surface area contributed by atoms with E-state index < -0.39 is 4.92 Å². The zero-order valence-electron chi connectivity index (χ0n) is 13.1. The Labute approximate surface area is 141 Å². The lowest BCUT2D eigenvalue weighted by Crippen LogP contribution is -2.22. The van der Waals surface area contributed by atoms with Crippen LogP contribution in [0.15, 0.2) is 53.3 Å². The van der Waals surface area contributed by atoms with Gasteiger partial charge in [-0.15, -0.1) is 0 Å². The zero-order valence-corrected chi connectivity index (χ0v) is 13.1. The third-order valence-electron chi connectivity index (χ3n) is 4.37. The van der Waals surface area contributed by atoms with Crippen LogP contribution in [0.2, 0.25) is 0 Å². The number of oxime groups is 1. The predicted octanol–water partition coefficient (Wildman–Crippen LogP) is 2.59. The minimum absolute atomic E-state index is 0.113. The minimum Gasteiger partial charge on any atom is -0.410 e. The fourth-order valence-corrected chi connectivity index (χ4v) is 3.18. The Bertz CT molecular complexity index is 1010. The number of fused-ring (bicyclic) bond motifs is 2. The lowest BCUT2D eigenvalue weighted by molar-refractivity contribution is -0.384. The number of non-ortho nitro benzene ring substituents is 1. The molecule has 0 atom stereocenters. The third-order valence-corrected chi connectivity index (χ3v) is 4.37. The van der Waals surface area contributed by atoms with Crippen LogP contribution in [0.25, 0.3) is 5.57 Å². The molecule has 124 valence electrons. The summed E-state index contributed by atoms with van der Waals surface area (Å²) in [4.78, 5) is 24.8. The van der Waals surface area contributed by atoms with Gasteiger partial charge in [0.15, 0.2) is 0 Å². The summed E-state index contributed by atoms with van der Waals surface area (Å²) in [7, 11) is 1.60. The van der Waals surface area contributed by atoms with Crippen molar-refractivity contribution in [2.24, 2.45) is 5.16 Å². The molecule has 0 radical (unpaired) electrons. The standard InChI is InChI=1S/C17H12N4O4/c1-20-13-7-6-9(21(24)25)8-11(13)14(17(20)22)16-15(19-23)10-4-2-3-5-12(10)18-16/h2-8,18,23H,1H3/b16-14-,19-15+. The van der Waals surface area contributed by atoms with Gasteiger partial charge >= 0.3 is 0 Å². The number of nitrogens with one attached hydrogen (secondary N) is 1. The van der Waals surface area contributed by atoms with Crippen LogP contribution in [0.4, 0.5) is 17.1 Å². The maximum atomic E-state index is 12.8. The quantitative estimate of drug-likeness (QED) is 0.360. The summed E-state index contributed by atoms with van der Waals surface area (Å²) in [5.74, 6) is -0.327. The molecule has 2 aromatic rings. The van der Waals surface area contributed by atoms with E-state index in [2.05, 4.69) is 10.5 Å². The SMILES string of the molecule is CN1C(=O)/C(=C2\Nc3ccccc3\C2=N/O)c2cc([N+](=O)[O-])ccc21. The average molecular weight is 336 g/mol. The number of nitro benzene ring substituents is 1. The van der Waals surface area contributed by atoms with Gasteiger partial charge in [-0.1, -0.05) is 23.4 Å². The highest BCUT2D eigenvalue weighted by Crippen LogP contribution is 2.42. The summed E-state index contributed by atoms with van der Waals surface area (Å²) >= 11 is 0. The molecule has 2 N–H and O–H groups in total. The first-order valence-electron chi connectivity index (χ1n) is 7.43. The van der Waals surface area contributed by atoms with Crippen molar-refractivity contribution < 1.29 is 14.9 Å². The van der Waals surface area contributed by atoms with E-state index in [9.17, 15) is 20.1 Å². The molecule has 8 heteroatoms. The number of para-hydroxylation sites is 1. The third kappa shape index (κ3) is 2.01. The molecule has 2 aromatic carbocycles. The second-order valence-electron chi connectivity index (χ2n) is 5.69. The molecule has 0 aliphatic carbocycles. The monoisotopic (exact) mass is 336 g/mol. The molecule has 0 saturated heterocycles. The van der Waals surface area contributed by atoms with Crippen LogP contribution in [0.3, 0.4) is 0 Å². The van der Waals surface area contributed by atoms with Crippen molar-refractivity contribution in [3.8, 4) is 0 Å². The average Bonchev–Trinajstić information content (AvgIpc) is 3.09. The zero-order chi connectivity index (χ0) is 17.7. The number of nitro groups is 1. The summed E-state index contributed by atoms with van der Waals surface area (Å²) < 4.78 is 0. The van der Waals surface area contributed by atoms with Crippen LogP contribution in [-0.2, 0) is 4.79 Å². The Hall–Kier alpha value is -3.68.